The molecule has 0 aromatic carbocycles. The summed E-state index contributed by atoms with van der Waals surface area (Å²) in [5, 5.41) is 53.4. The molecule has 3 amide bonds. The Bertz CT molecular complexity index is 733. The number of aliphatic hydroxyl groups excluding tert-OH is 5. The van der Waals surface area contributed by atoms with Gasteiger partial charge in [-0.2, -0.15) is 0 Å². The van der Waals surface area contributed by atoms with Gasteiger partial charge in [-0.1, -0.05) is 22.6 Å². The predicted octanol–water partition coefficient (Wildman–Crippen LogP) is -2.20. The number of alkyl halides is 1. The largest absolute Gasteiger partial charge is 0.394 e. The third kappa shape index (κ3) is 7.20. The molecule has 0 spiro atoms. The van der Waals surface area contributed by atoms with Crippen LogP contribution in [0.1, 0.15) is 0 Å². The number of rotatable bonds is 10. The molecular weight excluding hydrogens is 743 g/mol. The van der Waals surface area contributed by atoms with E-state index < -0.39 is 59.1 Å². The maximum atomic E-state index is 12.9. The van der Waals surface area contributed by atoms with E-state index in [0.717, 1.165) is 0 Å². The molecule has 0 fully saturated rings. The fourth-order valence-electron chi connectivity index (χ4n) is 2.38. The summed E-state index contributed by atoms with van der Waals surface area (Å²) in [6.07, 6.45) is -0.904. The van der Waals surface area contributed by atoms with Gasteiger partial charge in [-0.15, -0.1) is 0 Å². The Kier molecular flexibility index (Phi) is 11.9. The maximum Gasteiger partial charge on any atom is 0.250 e. The summed E-state index contributed by atoms with van der Waals surface area (Å²) in [6, 6.07) is 0. The molecule has 0 aromatic rings. The fraction of sp³-hybridized carbons (Fsp3) is 0.562. The molecule has 0 radical (unpaired) electrons. The summed E-state index contributed by atoms with van der Waals surface area (Å²) >= 11 is 5.50. The SMILES string of the molecule is O=C(CO)NC1=C(I)C(C(=O)NCC(O)CO)C(I)(C(=O)NCC(O)CO)C=C1I. The zero-order valence-electron chi connectivity index (χ0n) is 15.4. The van der Waals surface area contributed by atoms with Crippen molar-refractivity contribution in [2.75, 3.05) is 32.9 Å². The molecule has 14 heteroatoms. The van der Waals surface area contributed by atoms with Crippen LogP contribution in [-0.4, -0.2) is 91.8 Å². The van der Waals surface area contributed by atoms with Crippen LogP contribution in [0.15, 0.2) is 18.9 Å². The minimum atomic E-state index is -1.47. The molecule has 11 nitrogen and oxygen atoms in total. The second-order valence-corrected chi connectivity index (χ2v) is 10.4. The monoisotopic (exact) mass is 765 g/mol. The summed E-state index contributed by atoms with van der Waals surface area (Å²) in [5.41, 5.74) is 0.258. The molecule has 30 heavy (non-hydrogen) atoms. The molecule has 4 atom stereocenters. The van der Waals surface area contributed by atoms with Gasteiger partial charge in [0.1, 0.15) is 10.0 Å². The number of nitrogens with one attached hydrogen (secondary N) is 3. The predicted molar refractivity (Wildman–Crippen MR) is 131 cm³/mol. The zero-order valence-corrected chi connectivity index (χ0v) is 21.9. The molecule has 1 rings (SSSR count). The summed E-state index contributed by atoms with van der Waals surface area (Å²) in [5.74, 6) is -3.10. The number of aliphatic hydroxyl groups is 5. The average molecular weight is 765 g/mol. The van der Waals surface area contributed by atoms with Gasteiger partial charge < -0.3 is 41.5 Å². The third-order valence-electron chi connectivity index (χ3n) is 3.94. The highest BCUT2D eigenvalue weighted by atomic mass is 127. The Hall–Kier alpha value is -0.120. The van der Waals surface area contributed by atoms with Gasteiger partial charge in [0.05, 0.1) is 37.0 Å². The molecule has 0 saturated carbocycles. The molecule has 0 bridgehead atoms. The number of amides is 3. The third-order valence-corrected chi connectivity index (χ3v) is 7.37. The van der Waals surface area contributed by atoms with Crippen LogP contribution in [0.4, 0.5) is 0 Å². The van der Waals surface area contributed by atoms with Crippen molar-refractivity contribution < 1.29 is 39.9 Å². The van der Waals surface area contributed by atoms with E-state index in [-0.39, 0.29) is 18.8 Å². The molecule has 170 valence electrons. The smallest absolute Gasteiger partial charge is 0.250 e. The first-order chi connectivity index (χ1) is 14.0. The van der Waals surface area contributed by atoms with E-state index in [9.17, 15) is 24.6 Å². The van der Waals surface area contributed by atoms with Crippen LogP contribution in [0.5, 0.6) is 0 Å². The number of halogens is 3. The van der Waals surface area contributed by atoms with Gasteiger partial charge in [-0.3, -0.25) is 14.4 Å². The van der Waals surface area contributed by atoms with E-state index in [4.69, 9.17) is 15.3 Å². The number of carbonyl (C=O) groups excluding carboxylic acids is 3. The van der Waals surface area contributed by atoms with E-state index in [1.54, 1.807) is 22.6 Å². The summed E-state index contributed by atoms with van der Waals surface area (Å²) in [7, 11) is 0. The Morgan fingerprint density at radius 3 is 2.07 bits per heavy atom. The van der Waals surface area contributed by atoms with Gasteiger partial charge in [0.2, 0.25) is 17.7 Å². The normalized spacial score (nSPS) is 23.3. The molecule has 0 saturated heterocycles. The fourth-order valence-corrected chi connectivity index (χ4v) is 7.30. The van der Waals surface area contributed by atoms with Crippen LogP contribution in [0.3, 0.4) is 0 Å². The van der Waals surface area contributed by atoms with E-state index in [2.05, 4.69) is 16.0 Å². The second kappa shape index (κ2) is 12.8. The highest BCUT2D eigenvalue weighted by Crippen LogP contribution is 2.46. The number of allylic oxidation sites excluding steroid dienone is 1. The quantitative estimate of drug-likeness (QED) is 0.0910. The van der Waals surface area contributed by atoms with Crippen LogP contribution in [0.25, 0.3) is 0 Å². The van der Waals surface area contributed by atoms with Gasteiger partial charge >= 0.3 is 0 Å². The lowest BCUT2D eigenvalue weighted by Crippen LogP contribution is -2.55. The minimum Gasteiger partial charge on any atom is -0.394 e. The topological polar surface area (TPSA) is 188 Å². The first-order valence-corrected chi connectivity index (χ1v) is 11.8. The van der Waals surface area contributed by atoms with Crippen molar-refractivity contribution in [2.24, 2.45) is 5.92 Å². The van der Waals surface area contributed by atoms with Crippen LogP contribution < -0.4 is 16.0 Å². The van der Waals surface area contributed by atoms with Crippen molar-refractivity contribution in [2.45, 2.75) is 15.6 Å². The van der Waals surface area contributed by atoms with Crippen molar-refractivity contribution in [3.05, 3.63) is 18.9 Å². The van der Waals surface area contributed by atoms with Gasteiger partial charge in [0.15, 0.2) is 0 Å². The molecule has 1 aliphatic carbocycles. The highest BCUT2D eigenvalue weighted by Gasteiger charge is 2.50. The Labute approximate surface area is 213 Å². The van der Waals surface area contributed by atoms with Crippen LogP contribution in [0.2, 0.25) is 0 Å². The Morgan fingerprint density at radius 1 is 1.03 bits per heavy atom. The first-order valence-electron chi connectivity index (χ1n) is 8.53. The average Bonchev–Trinajstić information content (AvgIpc) is 2.72. The van der Waals surface area contributed by atoms with Crippen molar-refractivity contribution in [3.63, 3.8) is 0 Å². The van der Waals surface area contributed by atoms with Crippen molar-refractivity contribution in [1.82, 2.24) is 16.0 Å². The molecule has 4 unspecified atom stereocenters. The van der Waals surface area contributed by atoms with E-state index in [1.165, 1.54) is 6.08 Å². The lowest BCUT2D eigenvalue weighted by molar-refractivity contribution is -0.130. The van der Waals surface area contributed by atoms with Gasteiger partial charge in [0, 0.05) is 20.2 Å². The summed E-state index contributed by atoms with van der Waals surface area (Å²) in [4.78, 5) is 37.6. The van der Waals surface area contributed by atoms with Crippen molar-refractivity contribution in [1.29, 1.82) is 0 Å². The van der Waals surface area contributed by atoms with E-state index in [0.29, 0.717) is 7.16 Å². The van der Waals surface area contributed by atoms with Crippen molar-refractivity contribution in [3.8, 4) is 0 Å². The number of carbonyl (C=O) groups is 3. The molecule has 8 N–H and O–H groups in total. The van der Waals surface area contributed by atoms with E-state index in [1.807, 2.05) is 45.2 Å². The number of hydrogen-bond acceptors (Lipinski definition) is 8. The lowest BCUT2D eigenvalue weighted by atomic mass is 9.85. The second-order valence-electron chi connectivity index (χ2n) is 6.25. The van der Waals surface area contributed by atoms with Crippen LogP contribution >= 0.6 is 67.8 Å². The molecule has 0 heterocycles. The molecule has 1 aliphatic rings. The van der Waals surface area contributed by atoms with Crippen molar-refractivity contribution >= 4 is 85.5 Å². The summed E-state index contributed by atoms with van der Waals surface area (Å²) < 4.78 is -0.711. The zero-order chi connectivity index (χ0) is 23.1. The Balaban J connectivity index is 3.31. The molecular formula is C16H22I3N3O8. The van der Waals surface area contributed by atoms with Crippen LogP contribution in [0, 0.1) is 5.92 Å². The van der Waals surface area contributed by atoms with E-state index >= 15 is 0 Å². The number of hydrogen-bond donors (Lipinski definition) is 8. The molecule has 0 aromatic heterocycles. The Morgan fingerprint density at radius 2 is 1.57 bits per heavy atom. The first kappa shape index (κ1) is 27.9. The van der Waals surface area contributed by atoms with Gasteiger partial charge in [-0.05, 0) is 51.3 Å². The maximum absolute atomic E-state index is 12.9. The lowest BCUT2D eigenvalue weighted by Gasteiger charge is -2.36. The standard InChI is InChI=1S/C16H22I3N3O8/c17-9-1-16(19,15(30)21-3-8(27)5-24)11(14(29)20-2-7(26)4-23)12(18)13(9)22-10(28)6-25/h1,7-8,11,23-27H,2-6H2,(H,20,29)(H,21,30)(H,22,28). The van der Waals surface area contributed by atoms with Gasteiger partial charge in [-0.25, -0.2) is 0 Å². The molecule has 0 aliphatic heterocycles. The highest BCUT2D eigenvalue weighted by molar-refractivity contribution is 14.1. The minimum absolute atomic E-state index is 0.240. The summed E-state index contributed by atoms with van der Waals surface area (Å²) in [6.45, 7) is -2.39. The van der Waals surface area contributed by atoms with Crippen LogP contribution in [-0.2, 0) is 14.4 Å². The van der Waals surface area contributed by atoms with Gasteiger partial charge in [0.25, 0.3) is 0 Å².